The fourth-order valence-electron chi connectivity index (χ4n) is 11.7. The van der Waals surface area contributed by atoms with Crippen LogP contribution in [-0.4, -0.2) is 79.5 Å². The van der Waals surface area contributed by atoms with Crippen LogP contribution >= 0.6 is 21.6 Å². The third-order valence-corrected chi connectivity index (χ3v) is 18.1. The van der Waals surface area contributed by atoms with Gasteiger partial charge in [0.25, 0.3) is 0 Å². The SMILES string of the molecule is CC(=O)O[C@@]12CCc3cc(c(O)c4c3CC[C@H]3CCC[C@H]3O4)CN3C[C@](Cc4ccnc(N)c4)(CCN=C(N)NC4(CCCC4)SSCCCCC[C@H](CC1)[C@H](O)C2)CC3=O. The maximum atomic E-state index is 14.2. The van der Waals surface area contributed by atoms with Gasteiger partial charge in [-0.05, 0) is 137 Å². The van der Waals surface area contributed by atoms with Gasteiger partial charge in [-0.25, -0.2) is 4.98 Å². The summed E-state index contributed by atoms with van der Waals surface area (Å²) in [6, 6.07) is 5.94. The van der Waals surface area contributed by atoms with Crippen LogP contribution in [-0.2, 0) is 40.1 Å². The lowest BCUT2D eigenvalue weighted by atomic mass is 9.72. The van der Waals surface area contributed by atoms with Crippen LogP contribution in [0.25, 0.3) is 0 Å². The Hall–Kier alpha value is -3.36. The summed E-state index contributed by atoms with van der Waals surface area (Å²) in [6.07, 6.45) is 19.6. The summed E-state index contributed by atoms with van der Waals surface area (Å²) in [7, 11) is 3.82. The second kappa shape index (κ2) is 19.2. The number of rotatable bonds is 3. The van der Waals surface area contributed by atoms with Crippen molar-refractivity contribution in [3.8, 4) is 11.5 Å². The highest BCUT2D eigenvalue weighted by atomic mass is 33.1. The number of guanidine groups is 1. The van der Waals surface area contributed by atoms with E-state index in [-0.39, 0.29) is 41.1 Å². The number of amides is 1. The number of hydrogen-bond acceptors (Lipinski definition) is 13. The molecule has 7 N–H and O–H groups in total. The molecule has 0 radical (unpaired) electrons. The third kappa shape index (κ3) is 10.5. The monoisotopic (exact) mass is 876 g/mol. The molecule has 0 unspecified atom stereocenters. The Morgan fingerprint density at radius 3 is 2.62 bits per heavy atom. The van der Waals surface area contributed by atoms with Gasteiger partial charge < -0.3 is 41.4 Å². The minimum Gasteiger partial charge on any atom is -0.504 e. The molecule has 1 aromatic carbocycles. The molecule has 3 saturated carbocycles. The summed E-state index contributed by atoms with van der Waals surface area (Å²) in [5.41, 5.74) is 15.4. The van der Waals surface area contributed by atoms with Gasteiger partial charge in [0.05, 0.1) is 11.0 Å². The lowest BCUT2D eigenvalue weighted by Crippen LogP contribution is -2.47. The highest BCUT2D eigenvalue weighted by Gasteiger charge is 2.45. The molecule has 2 aromatic rings. The van der Waals surface area contributed by atoms with Crippen LogP contribution in [0.3, 0.4) is 0 Å². The molecule has 1 amide bonds. The van der Waals surface area contributed by atoms with Crippen molar-refractivity contribution < 1.29 is 29.3 Å². The number of aliphatic hydroxyl groups is 1. The van der Waals surface area contributed by atoms with Crippen LogP contribution in [0.4, 0.5) is 5.82 Å². The van der Waals surface area contributed by atoms with Gasteiger partial charge in [-0.1, -0.05) is 47.3 Å². The Balaban J connectivity index is 1.12. The summed E-state index contributed by atoms with van der Waals surface area (Å²) in [4.78, 5) is 37.8. The molecule has 14 heteroatoms. The number of aliphatic hydroxyl groups excluding tert-OH is 1. The van der Waals surface area contributed by atoms with Gasteiger partial charge in [-0.3, -0.25) is 14.6 Å². The zero-order valence-corrected chi connectivity index (χ0v) is 37.8. The van der Waals surface area contributed by atoms with Crippen LogP contribution in [0, 0.1) is 17.3 Å². The number of esters is 1. The first-order valence-electron chi connectivity index (χ1n) is 23.2. The highest BCUT2D eigenvalue weighted by Crippen LogP contribution is 2.49. The van der Waals surface area contributed by atoms with Crippen LogP contribution in [0.1, 0.15) is 145 Å². The van der Waals surface area contributed by atoms with Gasteiger partial charge in [0.1, 0.15) is 17.5 Å². The zero-order valence-electron chi connectivity index (χ0n) is 36.1. The third-order valence-electron chi connectivity index (χ3n) is 14.9. The summed E-state index contributed by atoms with van der Waals surface area (Å²) in [5, 5.41) is 27.4. The van der Waals surface area contributed by atoms with E-state index >= 15 is 0 Å². The number of pyridine rings is 1. The molecular weight excluding hydrogens is 809 g/mol. The Morgan fingerprint density at radius 1 is 0.984 bits per heavy atom. The van der Waals surface area contributed by atoms with E-state index < -0.39 is 17.1 Å². The molecule has 1 aromatic heterocycles. The number of ether oxygens (including phenoxy) is 2. The van der Waals surface area contributed by atoms with E-state index in [9.17, 15) is 19.8 Å². The number of phenols is 1. The number of anilines is 1. The van der Waals surface area contributed by atoms with E-state index in [1.165, 1.54) is 6.92 Å². The summed E-state index contributed by atoms with van der Waals surface area (Å²) in [5.74, 6) is 2.96. The van der Waals surface area contributed by atoms with E-state index in [0.29, 0.717) is 87.0 Å². The first-order valence-corrected chi connectivity index (χ1v) is 25.5. The van der Waals surface area contributed by atoms with Crippen LogP contribution < -0.4 is 21.5 Å². The van der Waals surface area contributed by atoms with Crippen molar-refractivity contribution in [1.29, 1.82) is 0 Å². The molecule has 6 atom stereocenters. The minimum atomic E-state index is -0.773. The fraction of sp³-hybridized carbons (Fsp3) is 0.702. The fourth-order valence-corrected chi connectivity index (χ4v) is 14.8. The number of aromatic hydroxyl groups is 1. The van der Waals surface area contributed by atoms with E-state index in [4.69, 9.17) is 25.9 Å². The number of aliphatic imine (C=N–C) groups is 1. The molecule has 9 rings (SSSR count). The van der Waals surface area contributed by atoms with Crippen molar-refractivity contribution in [2.24, 2.45) is 28.0 Å². The standard InChI is InChI=1S/C47H68N6O6S2/c1-31(54)59-46-18-13-33(38(55)27-46)8-3-2-6-23-60-61-47(16-4-5-17-47)52-44(49)51-22-20-45(26-32-15-21-50-40(48)24-32)28-41(56)53(30-45)29-36-25-35(14-19-46)37-12-11-34-9-7-10-39(34)58-43(37)42(36)57/h15,21,24-25,33-34,38-39,55,57H,2-14,16-20,22-23,26-30H2,1H3,(H2,48,50)(H3,49,51,52)/t33-,34-,38-,39-,45+,46-/m1/s1. The topological polar surface area (TPSA) is 186 Å². The Labute approximate surface area is 369 Å². The highest BCUT2D eigenvalue weighted by molar-refractivity contribution is 8.77. The molecule has 4 aliphatic heterocycles. The molecule has 1 spiro atoms. The number of aromatic nitrogens is 1. The van der Waals surface area contributed by atoms with E-state index in [0.717, 1.165) is 112 Å². The molecule has 61 heavy (non-hydrogen) atoms. The number of fused-ring (bicyclic) bond motifs is 14. The molecular formula is C47H68N6O6S2. The smallest absolute Gasteiger partial charge is 0.303 e. The number of benzene rings is 1. The van der Waals surface area contributed by atoms with Gasteiger partial charge in [-0.15, -0.1) is 0 Å². The zero-order chi connectivity index (χ0) is 42.6. The van der Waals surface area contributed by atoms with Crippen LogP contribution in [0.5, 0.6) is 11.5 Å². The number of carbonyl (C=O) groups is 2. The molecule has 12 nitrogen and oxygen atoms in total. The average Bonchev–Trinajstić information content (AvgIpc) is 3.91. The predicted molar refractivity (Wildman–Crippen MR) is 243 cm³/mol. The summed E-state index contributed by atoms with van der Waals surface area (Å²) >= 11 is 0. The summed E-state index contributed by atoms with van der Waals surface area (Å²) < 4.78 is 13.0. The van der Waals surface area contributed by atoms with Gasteiger partial charge in [0.15, 0.2) is 17.5 Å². The molecule has 3 aliphatic carbocycles. The first-order chi connectivity index (χ1) is 29.4. The maximum Gasteiger partial charge on any atom is 0.303 e. The quantitative estimate of drug-likeness (QED) is 0.150. The molecule has 6 bridgehead atoms. The van der Waals surface area contributed by atoms with Crippen molar-refractivity contribution in [1.82, 2.24) is 15.2 Å². The number of phenolic OH excluding ortho intramolecular Hbond substituents is 1. The van der Waals surface area contributed by atoms with Crippen molar-refractivity contribution in [3.05, 3.63) is 46.6 Å². The Bertz CT molecular complexity index is 1930. The van der Waals surface area contributed by atoms with Gasteiger partial charge in [-0.2, -0.15) is 0 Å². The number of carbonyl (C=O) groups excluding carboxylic acids is 2. The number of nitrogens with zero attached hydrogens (tertiary/aromatic N) is 3. The Kier molecular flexibility index (Phi) is 13.9. The molecule has 1 saturated heterocycles. The molecule has 5 heterocycles. The second-order valence-electron chi connectivity index (χ2n) is 19.4. The van der Waals surface area contributed by atoms with E-state index in [1.807, 2.05) is 38.6 Å². The van der Waals surface area contributed by atoms with Gasteiger partial charge >= 0.3 is 5.97 Å². The van der Waals surface area contributed by atoms with Crippen molar-refractivity contribution in [2.75, 3.05) is 24.6 Å². The van der Waals surface area contributed by atoms with Gasteiger partial charge in [0, 0.05) is 67.9 Å². The second-order valence-corrected chi connectivity index (χ2v) is 22.2. The van der Waals surface area contributed by atoms with E-state index in [2.05, 4.69) is 16.4 Å². The number of nitrogen functional groups attached to an aromatic ring is 1. The van der Waals surface area contributed by atoms with Crippen molar-refractivity contribution >= 4 is 45.2 Å². The van der Waals surface area contributed by atoms with Crippen molar-refractivity contribution in [2.45, 2.75) is 171 Å². The average molecular weight is 877 g/mol. The van der Waals surface area contributed by atoms with Crippen LogP contribution in [0.2, 0.25) is 0 Å². The number of nitrogens with one attached hydrogen (secondary N) is 1. The van der Waals surface area contributed by atoms with E-state index in [1.54, 1.807) is 6.20 Å². The molecule has 4 fully saturated rings. The first kappa shape index (κ1) is 44.3. The van der Waals surface area contributed by atoms with Crippen LogP contribution in [0.15, 0.2) is 29.4 Å². The largest absolute Gasteiger partial charge is 0.504 e. The van der Waals surface area contributed by atoms with Gasteiger partial charge in [0.2, 0.25) is 5.91 Å². The minimum absolute atomic E-state index is 0.0278. The lowest BCUT2D eigenvalue weighted by Gasteiger charge is -2.42. The number of nitrogens with two attached hydrogens (primary N) is 2. The molecule has 7 aliphatic rings. The normalized spacial score (nSPS) is 31.3. The van der Waals surface area contributed by atoms with Crippen molar-refractivity contribution in [3.63, 3.8) is 0 Å². The Morgan fingerprint density at radius 2 is 1.82 bits per heavy atom. The molecule has 334 valence electrons. The summed E-state index contributed by atoms with van der Waals surface area (Å²) in [6.45, 7) is 2.67. The number of hydrogen-bond donors (Lipinski definition) is 5. The predicted octanol–water partition coefficient (Wildman–Crippen LogP) is 7.74. The maximum absolute atomic E-state index is 14.2. The number of aryl methyl sites for hydroxylation is 1. The lowest BCUT2D eigenvalue weighted by molar-refractivity contribution is -0.168.